The van der Waals surface area contributed by atoms with Gasteiger partial charge in [-0.2, -0.15) is 20.7 Å². The Kier molecular flexibility index (Phi) is 137. The van der Waals surface area contributed by atoms with Gasteiger partial charge < -0.3 is 34.2 Å². The van der Waals surface area contributed by atoms with Crippen molar-refractivity contribution < 1.29 is 14.6 Å². The number of morpholine rings is 1. The molecule has 0 aromatic carbocycles. The van der Waals surface area contributed by atoms with Crippen LogP contribution >= 0.6 is 21.8 Å². The smallest absolute Gasteiger partial charge is 0.0978 e. The maximum atomic E-state index is 9.41. The van der Waals surface area contributed by atoms with E-state index in [0.29, 0.717) is 48.4 Å². The first kappa shape index (κ1) is 164. The second-order valence-corrected chi connectivity index (χ2v) is 43.2. The number of ether oxygens (including phenoxy) is 2. The molecule has 127 heavy (non-hydrogen) atoms. The number of thiazole rings is 1. The molecular formula is C112H252N10O3S2. The monoisotopic (exact) mass is 1850 g/mol. The summed E-state index contributed by atoms with van der Waals surface area (Å²) >= 11 is 1.72. The third-order valence-electron chi connectivity index (χ3n) is 15.4. The molecule has 780 valence electrons. The van der Waals surface area contributed by atoms with Crippen molar-refractivity contribution in [3.63, 3.8) is 0 Å². The average Bonchev–Trinajstić information content (AvgIpc) is 1.78. The van der Waals surface area contributed by atoms with Gasteiger partial charge in [0.1, 0.15) is 0 Å². The van der Waals surface area contributed by atoms with Crippen LogP contribution in [0.25, 0.3) is 0 Å². The molecule has 0 spiro atoms. The van der Waals surface area contributed by atoms with Crippen LogP contribution in [0, 0.1) is 37.9 Å². The van der Waals surface area contributed by atoms with Gasteiger partial charge in [0.15, 0.2) is 0 Å². The summed E-state index contributed by atoms with van der Waals surface area (Å²) in [6, 6.07) is 3.90. The van der Waals surface area contributed by atoms with Gasteiger partial charge in [-0.1, -0.05) is 434 Å². The first-order chi connectivity index (χ1) is 58.7. The zero-order valence-corrected chi connectivity index (χ0v) is 102. The highest BCUT2D eigenvalue weighted by atomic mass is 32.2. The molecule has 4 aliphatic heterocycles. The molecule has 13 nitrogen and oxygen atoms in total. The lowest BCUT2D eigenvalue weighted by atomic mass is 9.87. The molecule has 0 aliphatic carbocycles. The van der Waals surface area contributed by atoms with E-state index in [1.165, 1.54) is 127 Å². The van der Waals surface area contributed by atoms with Gasteiger partial charge in [0, 0.05) is 150 Å². The number of hydrogen-bond donors (Lipinski definition) is 1. The van der Waals surface area contributed by atoms with Crippen molar-refractivity contribution in [3.8, 4) is 0 Å². The zero-order valence-electron chi connectivity index (χ0n) is 100. The minimum atomic E-state index is -0.481. The molecule has 4 fully saturated rings. The van der Waals surface area contributed by atoms with E-state index >= 15 is 0 Å². The molecule has 1 N–H and O–H groups in total. The number of hydrogen-bond acceptors (Lipinski definition) is 14. The lowest BCUT2D eigenvalue weighted by molar-refractivity contribution is 0.0236. The van der Waals surface area contributed by atoms with Gasteiger partial charge in [-0.3, -0.25) is 14.9 Å². The SMILES string of the molecule is C=S1CCN(CC(C)(C)C)CC1.CC.CC.CC.CC.CC.CC.CC.CC.CC.CC.CC.CC.CC.CC.CC(C)(C)CCCC(C)(C)O.CC(C)(C)CN1CCCCC1.CC(C)(C)CN1CCOCC1.CC(C)(C)c1cccnn1.CC(C)(C)c1cnccn1.CC(C)(C)c1nccs1.CCC(C)(C)C.CN1CCN(CC(C)(C)C)CC1.COCC(C)(C)C. The number of likely N-dealkylation sites (tertiary alicyclic amines) is 1. The van der Waals surface area contributed by atoms with E-state index in [2.05, 4.69) is 277 Å². The van der Waals surface area contributed by atoms with Crippen LogP contribution in [0.4, 0.5) is 0 Å². The number of rotatable bonds is 8. The number of piperazine rings is 1. The number of methoxy groups -OCH3 is 1. The number of nitrogens with zero attached hydrogens (tertiary/aromatic N) is 10. The fourth-order valence-corrected chi connectivity index (χ4v) is 11.9. The summed E-state index contributed by atoms with van der Waals surface area (Å²) in [4.78, 5) is 25.0. The topological polar surface area (TPSA) is 119 Å². The van der Waals surface area contributed by atoms with Crippen LogP contribution in [0.2, 0.25) is 0 Å². The van der Waals surface area contributed by atoms with E-state index in [1.54, 1.807) is 43.2 Å². The van der Waals surface area contributed by atoms with Crippen molar-refractivity contribution in [2.45, 2.75) is 489 Å². The van der Waals surface area contributed by atoms with Gasteiger partial charge in [0.05, 0.1) is 41.8 Å². The second kappa shape index (κ2) is 106. The van der Waals surface area contributed by atoms with Crippen molar-refractivity contribution in [3.05, 3.63) is 64.9 Å². The predicted octanol–water partition coefficient (Wildman–Crippen LogP) is 34.7. The Morgan fingerprint density at radius 2 is 0.732 bits per heavy atom. The molecule has 3 aromatic rings. The molecule has 0 radical (unpaired) electrons. The minimum absolute atomic E-state index is 0.119. The largest absolute Gasteiger partial charge is 0.390 e. The highest BCUT2D eigenvalue weighted by Crippen LogP contribution is 2.27. The maximum Gasteiger partial charge on any atom is 0.0978 e. The summed E-state index contributed by atoms with van der Waals surface area (Å²) in [5.74, 6) is 6.76. The Bertz CT molecular complexity index is 2260. The van der Waals surface area contributed by atoms with Crippen molar-refractivity contribution in [1.82, 2.24) is 49.6 Å². The third kappa shape index (κ3) is 152. The number of likely N-dealkylation sites (N-methyl/N-ethyl adjacent to an activating group) is 1. The molecule has 4 aliphatic rings. The number of piperidine rings is 1. The van der Waals surface area contributed by atoms with Crippen molar-refractivity contribution in [2.75, 3.05) is 137 Å². The van der Waals surface area contributed by atoms with Crippen LogP contribution < -0.4 is 0 Å². The molecule has 0 saturated carbocycles. The highest BCUT2D eigenvalue weighted by molar-refractivity contribution is 8.14. The lowest BCUT2D eigenvalue weighted by Crippen LogP contribution is -2.47. The molecule has 0 unspecified atom stereocenters. The Morgan fingerprint density at radius 3 is 0.953 bits per heavy atom. The summed E-state index contributed by atoms with van der Waals surface area (Å²) in [5, 5.41) is 20.4. The Hall–Kier alpha value is -2.31. The summed E-state index contributed by atoms with van der Waals surface area (Å²) < 4.78 is 10.2. The molecule has 3 aromatic heterocycles. The van der Waals surface area contributed by atoms with Gasteiger partial charge in [-0.05, 0) is 110 Å². The van der Waals surface area contributed by atoms with Crippen LogP contribution in [-0.4, -0.2) is 203 Å². The van der Waals surface area contributed by atoms with Gasteiger partial charge in [-0.25, -0.2) is 4.98 Å². The maximum absolute atomic E-state index is 9.41. The van der Waals surface area contributed by atoms with Crippen molar-refractivity contribution in [1.29, 1.82) is 0 Å². The van der Waals surface area contributed by atoms with Crippen LogP contribution in [-0.2, 0) is 25.7 Å². The summed E-state index contributed by atoms with van der Waals surface area (Å²) in [7, 11) is 4.40. The third-order valence-corrected chi connectivity index (χ3v) is 18.2. The fraction of sp³-hybridized carbons (Fsp3) is 0.893. The van der Waals surface area contributed by atoms with Crippen molar-refractivity contribution >= 4 is 27.7 Å². The molecule has 0 amide bonds. The number of aromatic nitrogens is 5. The highest BCUT2D eigenvalue weighted by Gasteiger charge is 2.24. The molecule has 0 atom stereocenters. The standard InChI is InChI=1S/C10H22N2.C10H21NS.C10H21N.C10H22O.C9H19NO.2C8H12N2.C7H11NS.C6H14O.C6H14.14C2H6/c1-10(2,3)9-12-7-5-11(4)6-8-12;1-10(2,3)9-11-5-7-12(4)8-6-11;1-10(2,3)9-11-7-5-4-6-8-11;1-9(2,3)7-6-8-10(4,5)11;1-9(2,3)8-10-4-6-11-7-5-10;1-8(2,3)7-6-9-4-5-10-7;1-8(2,3)7-5-4-6-9-10-7;1-7(2,3)6-8-4-5-9-6;1-6(2,3)5-7-4;1-5-6(2,3)4;14*1-2/h5-9H2,1-4H3;4-9H2,1-3H3;4-9H2,1-3H3;11H,6-8H2,1-5H3;4-8H2,1-3H3;2*4-6H,1-3H3;4-5H,1-3H3;5H2,1-4H3;5H2,1-4H3;14*1-2H3. The van der Waals surface area contributed by atoms with Crippen LogP contribution in [0.3, 0.4) is 0 Å². The minimum Gasteiger partial charge on any atom is -0.390 e. The lowest BCUT2D eigenvalue weighted by Gasteiger charge is -2.36. The zero-order chi connectivity index (χ0) is 105. The van der Waals surface area contributed by atoms with Crippen LogP contribution in [0.5, 0.6) is 0 Å². The van der Waals surface area contributed by atoms with Crippen LogP contribution in [0.15, 0.2) is 48.5 Å². The Labute approximate surface area is 815 Å². The average molecular weight is 1850 g/mol. The molecule has 4 saturated heterocycles. The van der Waals surface area contributed by atoms with Gasteiger partial charge in [0.2, 0.25) is 0 Å². The van der Waals surface area contributed by atoms with E-state index in [1.807, 2.05) is 231 Å². The molecule has 7 heterocycles. The van der Waals surface area contributed by atoms with Gasteiger partial charge in [-0.15, -0.1) is 11.3 Å². The summed E-state index contributed by atoms with van der Waals surface area (Å²) in [5.41, 5.74) is 5.16. The quantitative estimate of drug-likeness (QED) is 0.216. The van der Waals surface area contributed by atoms with Gasteiger partial charge >= 0.3 is 0 Å². The van der Waals surface area contributed by atoms with E-state index in [-0.39, 0.29) is 16.2 Å². The number of aliphatic hydroxyl groups is 1. The summed E-state index contributed by atoms with van der Waals surface area (Å²) in [6.45, 7) is 149. The Balaban J connectivity index is -0.0000000686. The Morgan fingerprint density at radius 1 is 0.394 bits per heavy atom. The normalized spacial score (nSPS) is 13.9. The fourth-order valence-electron chi connectivity index (χ4n) is 9.92. The molecule has 15 heteroatoms. The van der Waals surface area contributed by atoms with E-state index in [4.69, 9.17) is 9.47 Å². The summed E-state index contributed by atoms with van der Waals surface area (Å²) in [6.07, 6.45) is 17.5. The van der Waals surface area contributed by atoms with Gasteiger partial charge in [0.25, 0.3) is 0 Å². The predicted molar refractivity (Wildman–Crippen MR) is 602 cm³/mol. The van der Waals surface area contributed by atoms with Crippen molar-refractivity contribution in [2.24, 2.45) is 37.9 Å². The molecular weight excluding hydrogens is 1600 g/mol. The van der Waals surface area contributed by atoms with E-state index < -0.39 is 5.60 Å². The molecule has 7 rings (SSSR count). The van der Waals surface area contributed by atoms with E-state index in [0.717, 1.165) is 57.1 Å². The first-order valence-electron chi connectivity index (χ1n) is 52.0. The molecule has 0 bridgehead atoms. The van der Waals surface area contributed by atoms with Crippen LogP contribution in [0.1, 0.15) is 484 Å². The first-order valence-corrected chi connectivity index (χ1v) is 54.6. The second-order valence-electron chi connectivity index (χ2n) is 40.3. The van der Waals surface area contributed by atoms with E-state index in [9.17, 15) is 5.11 Å².